The van der Waals surface area contributed by atoms with Gasteiger partial charge in [0.25, 0.3) is 0 Å². The molecule has 1 atom stereocenters. The van der Waals surface area contributed by atoms with Crippen LogP contribution in [0.5, 0.6) is 0 Å². The second kappa shape index (κ2) is 7.50. The van der Waals surface area contributed by atoms with Crippen LogP contribution >= 0.6 is 34.3 Å². The van der Waals surface area contributed by atoms with E-state index >= 15 is 0 Å². The zero-order valence-corrected chi connectivity index (χ0v) is 15.7. The molecule has 2 heterocycles. The molecule has 0 amide bonds. The smallest absolute Gasteiger partial charge is 0.350 e. The first-order valence-electron chi connectivity index (χ1n) is 7.29. The summed E-state index contributed by atoms with van der Waals surface area (Å²) in [5.41, 5.74) is 0.708. The van der Waals surface area contributed by atoms with Gasteiger partial charge in [-0.25, -0.2) is 14.2 Å². The van der Waals surface area contributed by atoms with E-state index in [1.54, 1.807) is 12.3 Å². The molecule has 3 aromatic rings. The number of benzene rings is 1. The fourth-order valence-electron chi connectivity index (χ4n) is 2.23. The van der Waals surface area contributed by atoms with Crippen molar-refractivity contribution in [3.8, 4) is 6.07 Å². The van der Waals surface area contributed by atoms with E-state index in [1.807, 2.05) is 6.07 Å². The Kier molecular flexibility index (Phi) is 5.32. The zero-order chi connectivity index (χ0) is 18.8. The van der Waals surface area contributed by atoms with Crippen molar-refractivity contribution >= 4 is 56.1 Å². The van der Waals surface area contributed by atoms with Gasteiger partial charge in [0.2, 0.25) is 0 Å². The highest BCUT2D eigenvalue weighted by Crippen LogP contribution is 2.36. The molecular weight excluding hydrogens is 399 g/mol. The maximum absolute atomic E-state index is 13.3. The molecule has 0 N–H and O–H groups in total. The standard InChI is InChI=1S/C17H10ClFN2O3S2/c1-8-7-25-16(21-8)11(5-20)12(22)6-24-17(23)15-14(18)10-3-2-9(19)4-13(10)26-15/h2-4,7,11H,6H2,1H3/t11-/m0/s1. The second-order valence-electron chi connectivity index (χ2n) is 5.32. The van der Waals surface area contributed by atoms with Crippen LogP contribution < -0.4 is 0 Å². The van der Waals surface area contributed by atoms with Gasteiger partial charge in [-0.1, -0.05) is 11.6 Å². The van der Waals surface area contributed by atoms with Crippen molar-refractivity contribution in [1.82, 2.24) is 4.98 Å². The lowest BCUT2D eigenvalue weighted by Crippen LogP contribution is -2.19. The second-order valence-corrected chi connectivity index (χ2v) is 7.64. The van der Waals surface area contributed by atoms with E-state index in [4.69, 9.17) is 16.3 Å². The molecule has 0 fully saturated rings. The number of nitriles is 1. The van der Waals surface area contributed by atoms with Crippen LogP contribution in [0.4, 0.5) is 4.39 Å². The first-order chi connectivity index (χ1) is 12.4. The number of halogens is 2. The van der Waals surface area contributed by atoms with Crippen molar-refractivity contribution in [3.63, 3.8) is 0 Å². The van der Waals surface area contributed by atoms with Crippen molar-refractivity contribution in [2.45, 2.75) is 12.8 Å². The van der Waals surface area contributed by atoms with Crippen molar-refractivity contribution in [2.75, 3.05) is 6.61 Å². The molecule has 0 spiro atoms. The van der Waals surface area contributed by atoms with Crippen LogP contribution in [0.3, 0.4) is 0 Å². The number of nitrogens with zero attached hydrogens (tertiary/aromatic N) is 2. The number of hydrogen-bond acceptors (Lipinski definition) is 7. The number of rotatable bonds is 5. The van der Waals surface area contributed by atoms with Crippen LogP contribution in [0.2, 0.25) is 5.02 Å². The van der Waals surface area contributed by atoms with Crippen LogP contribution in [-0.4, -0.2) is 23.3 Å². The molecular formula is C17H10ClFN2O3S2. The molecule has 26 heavy (non-hydrogen) atoms. The Hall–Kier alpha value is -2.34. The topological polar surface area (TPSA) is 80.0 Å². The summed E-state index contributed by atoms with van der Waals surface area (Å²) in [4.78, 5) is 28.6. The van der Waals surface area contributed by atoms with Gasteiger partial charge in [-0.3, -0.25) is 4.79 Å². The minimum absolute atomic E-state index is 0.0821. The summed E-state index contributed by atoms with van der Waals surface area (Å²) < 4.78 is 18.8. The Morgan fingerprint density at radius 1 is 1.46 bits per heavy atom. The van der Waals surface area contributed by atoms with Gasteiger partial charge in [0.1, 0.15) is 15.7 Å². The molecule has 2 aromatic heterocycles. The molecule has 0 aliphatic heterocycles. The third kappa shape index (κ3) is 3.60. The van der Waals surface area contributed by atoms with E-state index < -0.39 is 30.1 Å². The minimum atomic E-state index is -1.09. The molecule has 0 saturated heterocycles. The van der Waals surface area contributed by atoms with Gasteiger partial charge >= 0.3 is 5.97 Å². The number of Topliss-reactive ketones (excluding diaryl/α,β-unsaturated/α-hetero) is 1. The van der Waals surface area contributed by atoms with Crippen LogP contribution in [0.25, 0.3) is 10.1 Å². The highest BCUT2D eigenvalue weighted by atomic mass is 35.5. The minimum Gasteiger partial charge on any atom is -0.453 e. The number of esters is 1. The number of carbonyl (C=O) groups excluding carboxylic acids is 2. The van der Waals surface area contributed by atoms with Crippen LogP contribution in [0.15, 0.2) is 23.6 Å². The fourth-order valence-corrected chi connectivity index (χ4v) is 4.51. The summed E-state index contributed by atoms with van der Waals surface area (Å²) in [7, 11) is 0. The van der Waals surface area contributed by atoms with Crippen molar-refractivity contribution in [1.29, 1.82) is 5.26 Å². The number of aryl methyl sites for hydroxylation is 1. The average Bonchev–Trinajstić information content (AvgIpc) is 3.17. The number of carbonyl (C=O) groups is 2. The molecule has 0 bridgehead atoms. The molecule has 3 rings (SSSR count). The largest absolute Gasteiger partial charge is 0.453 e. The number of ether oxygens (including phenoxy) is 1. The maximum atomic E-state index is 13.3. The Morgan fingerprint density at radius 3 is 2.88 bits per heavy atom. The van der Waals surface area contributed by atoms with E-state index in [9.17, 15) is 19.2 Å². The van der Waals surface area contributed by atoms with Gasteiger partial charge < -0.3 is 4.74 Å². The van der Waals surface area contributed by atoms with E-state index in [0.717, 1.165) is 11.3 Å². The zero-order valence-electron chi connectivity index (χ0n) is 13.3. The van der Waals surface area contributed by atoms with Crippen molar-refractivity contribution in [2.24, 2.45) is 0 Å². The Balaban J connectivity index is 1.73. The molecule has 5 nitrogen and oxygen atoms in total. The van der Waals surface area contributed by atoms with E-state index in [2.05, 4.69) is 4.98 Å². The Morgan fingerprint density at radius 2 is 2.23 bits per heavy atom. The summed E-state index contributed by atoms with van der Waals surface area (Å²) >= 11 is 8.33. The average molecular weight is 409 g/mol. The Labute approximate surface area is 160 Å². The first-order valence-corrected chi connectivity index (χ1v) is 9.37. The third-order valence-electron chi connectivity index (χ3n) is 3.46. The first kappa shape index (κ1) is 18.5. The molecule has 1 aromatic carbocycles. The van der Waals surface area contributed by atoms with Crippen molar-refractivity contribution in [3.05, 3.63) is 50.0 Å². The van der Waals surface area contributed by atoms with Gasteiger partial charge in [0.15, 0.2) is 18.3 Å². The summed E-state index contributed by atoms with van der Waals surface area (Å²) in [5, 5.41) is 12.0. The summed E-state index contributed by atoms with van der Waals surface area (Å²) in [5.74, 6) is -2.90. The molecule has 132 valence electrons. The summed E-state index contributed by atoms with van der Waals surface area (Å²) in [6, 6.07) is 5.86. The number of hydrogen-bond donors (Lipinski definition) is 0. The lowest BCUT2D eigenvalue weighted by atomic mass is 10.1. The normalized spacial score (nSPS) is 11.9. The maximum Gasteiger partial charge on any atom is 0.350 e. The quantitative estimate of drug-likeness (QED) is 0.581. The molecule has 9 heteroatoms. The predicted octanol–water partition coefficient (Wildman–Crippen LogP) is 4.49. The molecule has 0 saturated carbocycles. The monoisotopic (exact) mass is 408 g/mol. The van der Waals surface area contributed by atoms with Gasteiger partial charge in [0.05, 0.1) is 11.1 Å². The van der Waals surface area contributed by atoms with Crippen LogP contribution in [-0.2, 0) is 9.53 Å². The van der Waals surface area contributed by atoms with Gasteiger partial charge in [-0.05, 0) is 25.1 Å². The third-order valence-corrected chi connectivity index (χ3v) is 6.12. The number of thiazole rings is 1. The van der Waals surface area contributed by atoms with Crippen LogP contribution in [0.1, 0.15) is 26.3 Å². The fraction of sp³-hybridized carbons (Fsp3) is 0.176. The Bertz CT molecular complexity index is 1050. The molecule has 0 radical (unpaired) electrons. The van der Waals surface area contributed by atoms with Gasteiger partial charge in [-0.15, -0.1) is 22.7 Å². The van der Waals surface area contributed by atoms with E-state index in [0.29, 0.717) is 20.8 Å². The SMILES string of the molecule is Cc1csc([C@@H](C#N)C(=O)COC(=O)c2sc3cc(F)ccc3c2Cl)n1. The van der Waals surface area contributed by atoms with Gasteiger partial charge in [0, 0.05) is 21.2 Å². The highest BCUT2D eigenvalue weighted by molar-refractivity contribution is 7.21. The van der Waals surface area contributed by atoms with Crippen molar-refractivity contribution < 1.29 is 18.7 Å². The highest BCUT2D eigenvalue weighted by Gasteiger charge is 2.26. The molecule has 0 aliphatic carbocycles. The lowest BCUT2D eigenvalue weighted by molar-refractivity contribution is -0.122. The lowest BCUT2D eigenvalue weighted by Gasteiger charge is -2.06. The van der Waals surface area contributed by atoms with E-state index in [1.165, 1.54) is 29.5 Å². The van der Waals surface area contributed by atoms with E-state index in [-0.39, 0.29) is 9.90 Å². The number of aromatic nitrogens is 1. The molecule has 0 unspecified atom stereocenters. The number of thiophene rings is 1. The number of fused-ring (bicyclic) bond motifs is 1. The molecule has 0 aliphatic rings. The predicted molar refractivity (Wildman–Crippen MR) is 97.3 cm³/mol. The number of ketones is 1. The summed E-state index contributed by atoms with van der Waals surface area (Å²) in [6.07, 6.45) is 0. The summed E-state index contributed by atoms with van der Waals surface area (Å²) in [6.45, 7) is 1.18. The van der Waals surface area contributed by atoms with Gasteiger partial charge in [-0.2, -0.15) is 5.26 Å². The van der Waals surface area contributed by atoms with Crippen LogP contribution in [0, 0.1) is 24.1 Å².